The Morgan fingerprint density at radius 1 is 1.03 bits per heavy atom. The molecule has 36 heavy (non-hydrogen) atoms. The number of hydrogen-bond donors (Lipinski definition) is 1. The number of piperidine rings is 1. The van der Waals surface area contributed by atoms with Gasteiger partial charge in [-0.05, 0) is 55.2 Å². The Morgan fingerprint density at radius 3 is 2.33 bits per heavy atom. The van der Waals surface area contributed by atoms with Crippen LogP contribution < -0.4 is 14.5 Å². The number of benzene rings is 2. The van der Waals surface area contributed by atoms with Crippen molar-refractivity contribution in [2.75, 3.05) is 36.1 Å². The van der Waals surface area contributed by atoms with Crippen molar-refractivity contribution >= 4 is 29.0 Å². The maximum absolute atomic E-state index is 12.6. The molecule has 8 nitrogen and oxygen atoms in total. The van der Waals surface area contributed by atoms with Gasteiger partial charge in [0.2, 0.25) is 0 Å². The number of carbonyl (C=O) groups is 1. The lowest BCUT2D eigenvalue weighted by molar-refractivity contribution is -0.274. The van der Waals surface area contributed by atoms with Crippen molar-refractivity contribution in [2.24, 2.45) is 5.92 Å². The molecule has 0 saturated carbocycles. The van der Waals surface area contributed by atoms with Crippen LogP contribution in [0.25, 0.3) is 0 Å². The van der Waals surface area contributed by atoms with Crippen LogP contribution in [-0.4, -0.2) is 53.7 Å². The predicted octanol–water partition coefficient (Wildman–Crippen LogP) is 5.16. The number of anilines is 4. The fraction of sp³-hybridized carbons (Fsp3) is 0.320. The van der Waals surface area contributed by atoms with Crippen LogP contribution in [-0.2, 0) is 9.53 Å². The van der Waals surface area contributed by atoms with Gasteiger partial charge in [0.25, 0.3) is 0 Å². The van der Waals surface area contributed by atoms with Gasteiger partial charge in [0.1, 0.15) is 18.2 Å². The molecule has 1 fully saturated rings. The molecule has 1 aliphatic heterocycles. The summed E-state index contributed by atoms with van der Waals surface area (Å²) in [6.07, 6.45) is 0.163. The molecule has 0 radical (unpaired) electrons. The molecule has 2 aromatic carbocycles. The van der Waals surface area contributed by atoms with Crippen LogP contribution in [0.4, 0.5) is 36.2 Å². The Balaban J connectivity index is 1.53. The zero-order chi connectivity index (χ0) is 25.5. The molecule has 0 unspecified atom stereocenters. The molecule has 3 aromatic rings. The molecule has 1 aromatic heterocycles. The van der Waals surface area contributed by atoms with E-state index in [1.165, 1.54) is 24.3 Å². The number of hydrogen-bond acceptors (Lipinski definition) is 7. The summed E-state index contributed by atoms with van der Waals surface area (Å²) in [5, 5.41) is 8.72. The van der Waals surface area contributed by atoms with Crippen LogP contribution in [0.2, 0.25) is 0 Å². The molecule has 0 atom stereocenters. The second-order valence-electron chi connectivity index (χ2n) is 8.29. The molecule has 0 bridgehead atoms. The van der Waals surface area contributed by atoms with Crippen molar-refractivity contribution in [3.8, 4) is 5.75 Å². The summed E-state index contributed by atoms with van der Waals surface area (Å²) in [4.78, 5) is 23.7. The Kier molecular flexibility index (Phi) is 7.89. The van der Waals surface area contributed by atoms with Crippen molar-refractivity contribution < 1.29 is 32.5 Å². The van der Waals surface area contributed by atoms with Gasteiger partial charge in [-0.15, -0.1) is 13.2 Å². The molecular weight excluding hydrogens is 477 g/mol. The SMILES string of the molecule is O=C(O)COCC1CCN(c2cncc(N(c3ccccc3)c3ccc(OC(F)(F)F)cc3)n2)CC1. The monoisotopic (exact) mass is 502 g/mol. The third kappa shape index (κ3) is 6.85. The van der Waals surface area contributed by atoms with Crippen molar-refractivity contribution in [1.29, 1.82) is 0 Å². The maximum atomic E-state index is 12.6. The molecular formula is C25H25F3N4O4. The van der Waals surface area contributed by atoms with E-state index in [1.54, 1.807) is 17.3 Å². The first-order valence-electron chi connectivity index (χ1n) is 11.4. The Labute approximate surface area is 205 Å². The highest BCUT2D eigenvalue weighted by atomic mass is 19.4. The van der Waals surface area contributed by atoms with E-state index in [-0.39, 0.29) is 18.3 Å². The Morgan fingerprint density at radius 2 is 1.69 bits per heavy atom. The van der Waals surface area contributed by atoms with Crippen molar-refractivity contribution in [1.82, 2.24) is 9.97 Å². The molecule has 2 heterocycles. The van der Waals surface area contributed by atoms with Gasteiger partial charge in [0.05, 0.1) is 19.0 Å². The molecule has 1 saturated heterocycles. The van der Waals surface area contributed by atoms with Crippen LogP contribution in [0.1, 0.15) is 12.8 Å². The largest absolute Gasteiger partial charge is 0.573 e. The minimum atomic E-state index is -4.77. The van der Waals surface area contributed by atoms with Gasteiger partial charge in [-0.25, -0.2) is 9.78 Å². The molecule has 4 rings (SSSR count). The fourth-order valence-electron chi connectivity index (χ4n) is 4.03. The average molecular weight is 502 g/mol. The van der Waals surface area contributed by atoms with Gasteiger partial charge in [-0.3, -0.25) is 9.88 Å². The highest BCUT2D eigenvalue weighted by Gasteiger charge is 2.31. The summed E-state index contributed by atoms with van der Waals surface area (Å²) >= 11 is 0. The molecule has 0 spiro atoms. The fourth-order valence-corrected chi connectivity index (χ4v) is 4.03. The van der Waals surface area contributed by atoms with Crippen LogP contribution in [0.5, 0.6) is 5.75 Å². The number of nitrogens with zero attached hydrogens (tertiary/aromatic N) is 4. The smallest absolute Gasteiger partial charge is 0.480 e. The normalized spacial score (nSPS) is 14.5. The molecule has 11 heteroatoms. The van der Waals surface area contributed by atoms with E-state index in [9.17, 15) is 18.0 Å². The number of aromatic nitrogens is 2. The van der Waals surface area contributed by atoms with E-state index in [4.69, 9.17) is 14.8 Å². The molecule has 1 N–H and O–H groups in total. The summed E-state index contributed by atoms with van der Waals surface area (Å²) in [5.41, 5.74) is 1.36. The summed E-state index contributed by atoms with van der Waals surface area (Å²) in [6, 6.07) is 14.9. The van der Waals surface area contributed by atoms with E-state index < -0.39 is 12.3 Å². The van der Waals surface area contributed by atoms with Crippen molar-refractivity contribution in [2.45, 2.75) is 19.2 Å². The zero-order valence-electron chi connectivity index (χ0n) is 19.3. The molecule has 0 amide bonds. The van der Waals surface area contributed by atoms with Gasteiger partial charge < -0.3 is 19.5 Å². The number of carboxylic acids is 1. The number of rotatable bonds is 9. The highest BCUT2D eigenvalue weighted by molar-refractivity contribution is 5.74. The number of para-hydroxylation sites is 1. The number of alkyl halides is 3. The number of carboxylic acid groups (broad SMARTS) is 1. The van der Waals surface area contributed by atoms with E-state index in [0.717, 1.165) is 18.5 Å². The molecule has 190 valence electrons. The van der Waals surface area contributed by atoms with E-state index in [2.05, 4.69) is 14.6 Å². The third-order valence-electron chi connectivity index (χ3n) is 5.70. The number of halogens is 3. The summed E-state index contributed by atoms with van der Waals surface area (Å²) in [6.45, 7) is 1.54. The molecule has 1 aliphatic rings. The standard InChI is InChI=1S/C25H25F3N4O4/c26-25(27,28)36-21-8-6-20(7-9-21)32(19-4-2-1-3-5-19)23-15-29-14-22(30-23)31-12-10-18(11-13-31)16-35-17-24(33)34/h1-9,14-15,18H,10-13,16-17H2,(H,33,34). The van der Waals surface area contributed by atoms with Crippen molar-refractivity contribution in [3.05, 3.63) is 67.0 Å². The topological polar surface area (TPSA) is 88.0 Å². The van der Waals surface area contributed by atoms with Crippen LogP contribution in [0.15, 0.2) is 67.0 Å². The lowest BCUT2D eigenvalue weighted by Crippen LogP contribution is -2.36. The van der Waals surface area contributed by atoms with Gasteiger partial charge in [0, 0.05) is 24.5 Å². The van der Waals surface area contributed by atoms with Gasteiger partial charge in [0.15, 0.2) is 5.82 Å². The summed E-state index contributed by atoms with van der Waals surface area (Å²) in [5.74, 6) is 0.166. The minimum absolute atomic E-state index is 0.273. The third-order valence-corrected chi connectivity index (χ3v) is 5.70. The minimum Gasteiger partial charge on any atom is -0.480 e. The van der Waals surface area contributed by atoms with Crippen LogP contribution >= 0.6 is 0 Å². The van der Waals surface area contributed by atoms with Crippen LogP contribution in [0, 0.1) is 5.92 Å². The lowest BCUT2D eigenvalue weighted by Gasteiger charge is -2.33. The lowest BCUT2D eigenvalue weighted by atomic mass is 9.98. The average Bonchev–Trinajstić information content (AvgIpc) is 2.85. The van der Waals surface area contributed by atoms with Gasteiger partial charge in [-0.2, -0.15) is 0 Å². The van der Waals surface area contributed by atoms with E-state index in [0.29, 0.717) is 37.0 Å². The quantitative estimate of drug-likeness (QED) is 0.429. The summed E-state index contributed by atoms with van der Waals surface area (Å²) < 4.78 is 47.0. The first-order chi connectivity index (χ1) is 17.3. The Hall–Kier alpha value is -3.86. The predicted molar refractivity (Wildman–Crippen MR) is 127 cm³/mol. The van der Waals surface area contributed by atoms with Crippen LogP contribution in [0.3, 0.4) is 0 Å². The maximum Gasteiger partial charge on any atom is 0.573 e. The number of ether oxygens (including phenoxy) is 2. The van der Waals surface area contributed by atoms with E-state index in [1.807, 2.05) is 30.3 Å². The first kappa shape index (κ1) is 25.2. The summed E-state index contributed by atoms with van der Waals surface area (Å²) in [7, 11) is 0. The highest BCUT2D eigenvalue weighted by Crippen LogP contribution is 2.35. The molecule has 0 aliphatic carbocycles. The van der Waals surface area contributed by atoms with Crippen molar-refractivity contribution in [3.63, 3.8) is 0 Å². The number of aliphatic carboxylic acids is 1. The van der Waals surface area contributed by atoms with E-state index >= 15 is 0 Å². The van der Waals surface area contributed by atoms with Gasteiger partial charge in [-0.1, -0.05) is 18.2 Å². The first-order valence-corrected chi connectivity index (χ1v) is 11.4. The zero-order valence-corrected chi connectivity index (χ0v) is 19.3. The second kappa shape index (κ2) is 11.3. The second-order valence-corrected chi connectivity index (χ2v) is 8.29. The Bertz CT molecular complexity index is 1140. The van der Waals surface area contributed by atoms with Gasteiger partial charge >= 0.3 is 12.3 Å².